The maximum atomic E-state index is 10.5. The molecule has 1 aromatic carbocycles. The lowest BCUT2D eigenvalue weighted by atomic mass is 10.0. The van der Waals surface area contributed by atoms with Crippen molar-refractivity contribution in [2.24, 2.45) is 0 Å². The van der Waals surface area contributed by atoms with Crippen LogP contribution in [0, 0.1) is 10.1 Å². The molecule has 0 amide bonds. The summed E-state index contributed by atoms with van der Waals surface area (Å²) >= 11 is 0. The summed E-state index contributed by atoms with van der Waals surface area (Å²) in [5.41, 5.74) is 0.923. The lowest BCUT2D eigenvalue weighted by Gasteiger charge is -2.01. The third kappa shape index (κ3) is 1.72. The Kier molecular flexibility index (Phi) is 2.74. The molecule has 0 N–H and O–H groups in total. The van der Waals surface area contributed by atoms with Gasteiger partial charge in [0.25, 0.3) is 5.69 Å². The summed E-state index contributed by atoms with van der Waals surface area (Å²) in [5.74, 6) is 0. The van der Waals surface area contributed by atoms with E-state index in [0.717, 1.165) is 0 Å². The second-order valence-electron chi connectivity index (χ2n) is 2.57. The highest BCUT2D eigenvalue weighted by Crippen LogP contribution is 2.21. The molecule has 0 heterocycles. The van der Waals surface area contributed by atoms with E-state index in [9.17, 15) is 14.9 Å². The lowest BCUT2D eigenvalue weighted by molar-refractivity contribution is -0.385. The standard InChI is InChI=1S/C9H9NO3/c1-2-8-7(6-11)4-3-5-9(8)10(12)13/h3-6H,2H2,1H3. The summed E-state index contributed by atoms with van der Waals surface area (Å²) in [4.78, 5) is 20.6. The first-order valence-electron chi connectivity index (χ1n) is 3.92. The fraction of sp³-hybridized carbons (Fsp3) is 0.222. The molecule has 4 heteroatoms. The lowest BCUT2D eigenvalue weighted by Crippen LogP contribution is -1.98. The molecule has 13 heavy (non-hydrogen) atoms. The van der Waals surface area contributed by atoms with Gasteiger partial charge in [-0.25, -0.2) is 0 Å². The molecule has 4 nitrogen and oxygen atoms in total. The Morgan fingerprint density at radius 2 is 2.23 bits per heavy atom. The van der Waals surface area contributed by atoms with Gasteiger partial charge in [0.1, 0.15) is 0 Å². The fourth-order valence-corrected chi connectivity index (χ4v) is 1.26. The van der Waals surface area contributed by atoms with Crippen LogP contribution in [0.2, 0.25) is 0 Å². The van der Waals surface area contributed by atoms with Crippen LogP contribution in [0.25, 0.3) is 0 Å². The van der Waals surface area contributed by atoms with Gasteiger partial charge < -0.3 is 0 Å². The number of hydrogen-bond acceptors (Lipinski definition) is 3. The molecule has 0 radical (unpaired) electrons. The SMILES string of the molecule is CCc1c(C=O)cccc1[N+](=O)[O-]. The van der Waals surface area contributed by atoms with E-state index in [4.69, 9.17) is 0 Å². The Morgan fingerprint density at radius 3 is 2.69 bits per heavy atom. The molecule has 0 aromatic heterocycles. The average Bonchev–Trinajstić information content (AvgIpc) is 2.16. The van der Waals surface area contributed by atoms with Crippen LogP contribution >= 0.6 is 0 Å². The van der Waals surface area contributed by atoms with Gasteiger partial charge in [-0.2, -0.15) is 0 Å². The second-order valence-corrected chi connectivity index (χ2v) is 2.57. The molecule has 68 valence electrons. The van der Waals surface area contributed by atoms with Gasteiger partial charge in [0.05, 0.1) is 4.92 Å². The summed E-state index contributed by atoms with van der Waals surface area (Å²) < 4.78 is 0. The Labute approximate surface area is 75.3 Å². The Bertz CT molecular complexity index is 347. The molecule has 0 aliphatic rings. The number of nitro groups is 1. The summed E-state index contributed by atoms with van der Waals surface area (Å²) in [7, 11) is 0. The van der Waals surface area contributed by atoms with E-state index in [2.05, 4.69) is 0 Å². The maximum absolute atomic E-state index is 10.5. The number of nitrogens with zero attached hydrogens (tertiary/aromatic N) is 1. The van der Waals surface area contributed by atoms with E-state index in [-0.39, 0.29) is 5.69 Å². The first-order chi connectivity index (χ1) is 6.20. The van der Waals surface area contributed by atoms with Gasteiger partial charge in [0, 0.05) is 17.2 Å². The first kappa shape index (κ1) is 9.38. The molecular formula is C9H9NO3. The van der Waals surface area contributed by atoms with Crippen molar-refractivity contribution in [1.82, 2.24) is 0 Å². The molecule has 1 rings (SSSR count). The van der Waals surface area contributed by atoms with Gasteiger partial charge in [0.2, 0.25) is 0 Å². The molecule has 0 atom stereocenters. The summed E-state index contributed by atoms with van der Waals surface area (Å²) in [6, 6.07) is 4.51. The first-order valence-corrected chi connectivity index (χ1v) is 3.92. The molecule has 0 saturated heterocycles. The normalized spacial score (nSPS) is 9.62. The Balaban J connectivity index is 3.35. The molecular weight excluding hydrogens is 170 g/mol. The summed E-state index contributed by atoms with van der Waals surface area (Å²) in [6.07, 6.45) is 1.14. The van der Waals surface area contributed by atoms with Crippen molar-refractivity contribution in [2.45, 2.75) is 13.3 Å². The molecule has 1 aromatic rings. The highest BCUT2D eigenvalue weighted by atomic mass is 16.6. The quantitative estimate of drug-likeness (QED) is 0.405. The van der Waals surface area contributed by atoms with E-state index in [1.165, 1.54) is 12.1 Å². The van der Waals surface area contributed by atoms with Crippen molar-refractivity contribution in [1.29, 1.82) is 0 Å². The van der Waals surface area contributed by atoms with E-state index < -0.39 is 4.92 Å². The highest BCUT2D eigenvalue weighted by Gasteiger charge is 2.14. The van der Waals surface area contributed by atoms with Crippen molar-refractivity contribution < 1.29 is 9.72 Å². The number of benzene rings is 1. The van der Waals surface area contributed by atoms with Crippen LogP contribution < -0.4 is 0 Å². The van der Waals surface area contributed by atoms with Crippen LogP contribution in [0.15, 0.2) is 18.2 Å². The van der Waals surface area contributed by atoms with Crippen molar-refractivity contribution >= 4 is 12.0 Å². The smallest absolute Gasteiger partial charge is 0.273 e. The van der Waals surface area contributed by atoms with Crippen molar-refractivity contribution in [2.75, 3.05) is 0 Å². The van der Waals surface area contributed by atoms with Crippen LogP contribution in [0.5, 0.6) is 0 Å². The van der Waals surface area contributed by atoms with Crippen LogP contribution in [0.4, 0.5) is 5.69 Å². The Hall–Kier alpha value is -1.71. The molecule has 0 fully saturated rings. The number of carbonyl (C=O) groups excluding carboxylic acids is 1. The number of aldehydes is 1. The van der Waals surface area contributed by atoms with E-state index in [1.807, 2.05) is 0 Å². The number of nitro benzene ring substituents is 1. The molecule has 0 aliphatic heterocycles. The molecule has 0 unspecified atom stereocenters. The summed E-state index contributed by atoms with van der Waals surface area (Å²) in [6.45, 7) is 1.79. The van der Waals surface area contributed by atoms with Gasteiger partial charge in [-0.1, -0.05) is 19.1 Å². The average molecular weight is 179 g/mol. The zero-order chi connectivity index (χ0) is 9.84. The van der Waals surface area contributed by atoms with Crippen molar-refractivity contribution in [3.05, 3.63) is 39.4 Å². The molecule has 0 bridgehead atoms. The van der Waals surface area contributed by atoms with E-state index in [0.29, 0.717) is 23.8 Å². The minimum absolute atomic E-state index is 0.0205. The zero-order valence-corrected chi connectivity index (χ0v) is 7.19. The predicted octanol–water partition coefficient (Wildman–Crippen LogP) is 1.97. The maximum Gasteiger partial charge on any atom is 0.273 e. The fourth-order valence-electron chi connectivity index (χ4n) is 1.26. The highest BCUT2D eigenvalue weighted by molar-refractivity contribution is 5.79. The predicted molar refractivity (Wildman–Crippen MR) is 47.9 cm³/mol. The molecule has 0 aliphatic carbocycles. The zero-order valence-electron chi connectivity index (χ0n) is 7.19. The minimum Gasteiger partial charge on any atom is -0.298 e. The number of rotatable bonds is 3. The van der Waals surface area contributed by atoms with Gasteiger partial charge in [0.15, 0.2) is 6.29 Å². The van der Waals surface area contributed by atoms with Crippen LogP contribution in [0.1, 0.15) is 22.8 Å². The molecule has 0 spiro atoms. The van der Waals surface area contributed by atoms with Gasteiger partial charge in [-0.3, -0.25) is 14.9 Å². The minimum atomic E-state index is -0.466. The van der Waals surface area contributed by atoms with E-state index >= 15 is 0 Å². The number of hydrogen-bond donors (Lipinski definition) is 0. The van der Waals surface area contributed by atoms with Gasteiger partial charge in [-0.15, -0.1) is 0 Å². The third-order valence-corrected chi connectivity index (χ3v) is 1.86. The summed E-state index contributed by atoms with van der Waals surface area (Å²) in [5, 5.41) is 10.5. The second kappa shape index (κ2) is 3.80. The van der Waals surface area contributed by atoms with Crippen LogP contribution in [0.3, 0.4) is 0 Å². The van der Waals surface area contributed by atoms with Crippen molar-refractivity contribution in [3.63, 3.8) is 0 Å². The van der Waals surface area contributed by atoms with Crippen LogP contribution in [-0.4, -0.2) is 11.2 Å². The van der Waals surface area contributed by atoms with Gasteiger partial charge in [-0.05, 0) is 6.42 Å². The third-order valence-electron chi connectivity index (χ3n) is 1.86. The topological polar surface area (TPSA) is 60.2 Å². The van der Waals surface area contributed by atoms with Crippen LogP contribution in [-0.2, 0) is 6.42 Å². The Morgan fingerprint density at radius 1 is 1.54 bits per heavy atom. The van der Waals surface area contributed by atoms with E-state index in [1.54, 1.807) is 13.0 Å². The largest absolute Gasteiger partial charge is 0.298 e. The monoisotopic (exact) mass is 179 g/mol. The van der Waals surface area contributed by atoms with Crippen molar-refractivity contribution in [3.8, 4) is 0 Å². The molecule has 0 saturated carbocycles. The van der Waals surface area contributed by atoms with Gasteiger partial charge >= 0.3 is 0 Å². The number of carbonyl (C=O) groups is 1.